The maximum atomic E-state index is 11.9. The molecule has 0 aromatic carbocycles. The normalized spacial score (nSPS) is 17.9. The standard InChI is InChI=1S/C13H25N3OS/c1-4-16(3)12(17)10(2)14-13(18)15-11-8-6-5-7-9-11/h10-11H,4-9H2,1-3H3,(H2,14,15,18). The van der Waals surface area contributed by atoms with E-state index < -0.39 is 0 Å². The second-order valence-corrected chi connectivity index (χ2v) is 5.44. The number of amides is 1. The zero-order valence-electron chi connectivity index (χ0n) is 11.7. The minimum absolute atomic E-state index is 0.0743. The summed E-state index contributed by atoms with van der Waals surface area (Å²) in [6.45, 7) is 4.53. The predicted octanol–water partition coefficient (Wildman–Crippen LogP) is 1.65. The van der Waals surface area contributed by atoms with Gasteiger partial charge in [0.05, 0.1) is 0 Å². The highest BCUT2D eigenvalue weighted by molar-refractivity contribution is 7.80. The Morgan fingerprint density at radius 3 is 2.56 bits per heavy atom. The molecular weight excluding hydrogens is 246 g/mol. The van der Waals surface area contributed by atoms with Crippen LogP contribution in [0.4, 0.5) is 0 Å². The smallest absolute Gasteiger partial charge is 0.244 e. The molecular formula is C13H25N3OS. The minimum atomic E-state index is -0.265. The van der Waals surface area contributed by atoms with Gasteiger partial charge < -0.3 is 15.5 Å². The molecule has 2 N–H and O–H groups in total. The molecule has 5 heteroatoms. The molecule has 104 valence electrons. The van der Waals surface area contributed by atoms with Crippen LogP contribution in [-0.4, -0.2) is 41.6 Å². The van der Waals surface area contributed by atoms with Crippen LogP contribution in [0, 0.1) is 0 Å². The van der Waals surface area contributed by atoms with Crippen molar-refractivity contribution in [3.63, 3.8) is 0 Å². The van der Waals surface area contributed by atoms with Gasteiger partial charge in [-0.2, -0.15) is 0 Å². The van der Waals surface area contributed by atoms with Crippen LogP contribution in [0.3, 0.4) is 0 Å². The van der Waals surface area contributed by atoms with Gasteiger partial charge in [-0.3, -0.25) is 4.79 Å². The molecule has 4 nitrogen and oxygen atoms in total. The SMILES string of the molecule is CCN(C)C(=O)C(C)NC(=S)NC1CCCCC1. The number of carbonyl (C=O) groups is 1. The van der Waals surface area contributed by atoms with Gasteiger partial charge in [-0.15, -0.1) is 0 Å². The van der Waals surface area contributed by atoms with Gasteiger partial charge in [-0.25, -0.2) is 0 Å². The Morgan fingerprint density at radius 1 is 1.39 bits per heavy atom. The molecule has 1 aliphatic rings. The first-order valence-electron chi connectivity index (χ1n) is 6.86. The van der Waals surface area contributed by atoms with E-state index >= 15 is 0 Å². The molecule has 0 bridgehead atoms. The largest absolute Gasteiger partial charge is 0.360 e. The first-order chi connectivity index (χ1) is 8.54. The lowest BCUT2D eigenvalue weighted by molar-refractivity contribution is -0.131. The number of nitrogens with zero attached hydrogens (tertiary/aromatic N) is 1. The van der Waals surface area contributed by atoms with E-state index in [-0.39, 0.29) is 11.9 Å². The van der Waals surface area contributed by atoms with Gasteiger partial charge in [-0.05, 0) is 38.9 Å². The van der Waals surface area contributed by atoms with Crippen molar-refractivity contribution in [2.75, 3.05) is 13.6 Å². The van der Waals surface area contributed by atoms with E-state index in [4.69, 9.17) is 12.2 Å². The maximum absolute atomic E-state index is 11.9. The molecule has 18 heavy (non-hydrogen) atoms. The zero-order valence-corrected chi connectivity index (χ0v) is 12.5. The van der Waals surface area contributed by atoms with E-state index in [1.165, 1.54) is 32.1 Å². The van der Waals surface area contributed by atoms with Crippen LogP contribution >= 0.6 is 12.2 Å². The Hall–Kier alpha value is -0.840. The van der Waals surface area contributed by atoms with Crippen LogP contribution < -0.4 is 10.6 Å². The van der Waals surface area contributed by atoms with E-state index in [2.05, 4.69) is 10.6 Å². The minimum Gasteiger partial charge on any atom is -0.360 e. The van der Waals surface area contributed by atoms with Crippen LogP contribution in [0.1, 0.15) is 46.0 Å². The van der Waals surface area contributed by atoms with Crippen LogP contribution in [0.15, 0.2) is 0 Å². The predicted molar refractivity (Wildman–Crippen MR) is 78.5 cm³/mol. The van der Waals surface area contributed by atoms with Gasteiger partial charge in [-0.1, -0.05) is 19.3 Å². The number of likely N-dealkylation sites (N-methyl/N-ethyl adjacent to an activating group) is 1. The summed E-state index contributed by atoms with van der Waals surface area (Å²) in [6.07, 6.45) is 6.23. The average molecular weight is 271 g/mol. The number of hydrogen-bond donors (Lipinski definition) is 2. The average Bonchev–Trinajstić information content (AvgIpc) is 2.37. The molecule has 0 aromatic rings. The van der Waals surface area contributed by atoms with Crippen LogP contribution in [-0.2, 0) is 4.79 Å². The lowest BCUT2D eigenvalue weighted by Gasteiger charge is -2.26. The fourth-order valence-electron chi connectivity index (χ4n) is 2.22. The van der Waals surface area contributed by atoms with E-state index in [0.29, 0.717) is 17.7 Å². The molecule has 0 aliphatic heterocycles. The van der Waals surface area contributed by atoms with Crippen molar-refractivity contribution in [2.24, 2.45) is 0 Å². The highest BCUT2D eigenvalue weighted by Gasteiger charge is 2.19. The Labute approximate surface area is 115 Å². The molecule has 1 fully saturated rings. The van der Waals surface area contributed by atoms with Crippen molar-refractivity contribution in [3.8, 4) is 0 Å². The summed E-state index contributed by atoms with van der Waals surface area (Å²) in [5.41, 5.74) is 0. The van der Waals surface area contributed by atoms with Crippen molar-refractivity contribution in [2.45, 2.75) is 58.0 Å². The lowest BCUT2D eigenvalue weighted by Crippen LogP contribution is -2.51. The summed E-state index contributed by atoms with van der Waals surface area (Å²) in [7, 11) is 1.80. The molecule has 0 heterocycles. The lowest BCUT2D eigenvalue weighted by atomic mass is 9.96. The quantitative estimate of drug-likeness (QED) is 0.763. The summed E-state index contributed by atoms with van der Waals surface area (Å²) in [6, 6.07) is 0.212. The third kappa shape index (κ3) is 4.80. The fraction of sp³-hybridized carbons (Fsp3) is 0.846. The summed E-state index contributed by atoms with van der Waals surface area (Å²) in [4.78, 5) is 13.6. The van der Waals surface area contributed by atoms with Crippen LogP contribution in [0.25, 0.3) is 0 Å². The molecule has 1 aliphatic carbocycles. The Kier molecular flexibility index (Phi) is 6.39. The maximum Gasteiger partial charge on any atom is 0.244 e. The molecule has 1 unspecified atom stereocenters. The van der Waals surface area contributed by atoms with Crippen molar-refractivity contribution < 1.29 is 4.79 Å². The fourth-order valence-corrected chi connectivity index (χ4v) is 2.56. The Balaban J connectivity index is 2.32. The first-order valence-corrected chi connectivity index (χ1v) is 7.27. The molecule has 0 saturated heterocycles. The highest BCUT2D eigenvalue weighted by atomic mass is 32.1. The van der Waals surface area contributed by atoms with Gasteiger partial charge in [0.1, 0.15) is 6.04 Å². The zero-order chi connectivity index (χ0) is 13.5. The second-order valence-electron chi connectivity index (χ2n) is 5.03. The second kappa shape index (κ2) is 7.56. The monoisotopic (exact) mass is 271 g/mol. The third-order valence-corrected chi connectivity index (χ3v) is 3.74. The van der Waals surface area contributed by atoms with E-state index in [1.807, 2.05) is 13.8 Å². The van der Waals surface area contributed by atoms with E-state index in [1.54, 1.807) is 11.9 Å². The number of rotatable bonds is 4. The number of thiocarbonyl (C=S) groups is 1. The van der Waals surface area contributed by atoms with Gasteiger partial charge in [0, 0.05) is 19.6 Å². The number of carbonyl (C=O) groups excluding carboxylic acids is 1. The Morgan fingerprint density at radius 2 is 2.00 bits per heavy atom. The van der Waals surface area contributed by atoms with E-state index in [9.17, 15) is 4.79 Å². The van der Waals surface area contributed by atoms with Gasteiger partial charge in [0.2, 0.25) is 5.91 Å². The molecule has 1 amide bonds. The molecule has 0 spiro atoms. The summed E-state index contributed by atoms with van der Waals surface area (Å²) < 4.78 is 0. The van der Waals surface area contributed by atoms with Gasteiger partial charge in [0.25, 0.3) is 0 Å². The summed E-state index contributed by atoms with van der Waals surface area (Å²) >= 11 is 5.26. The third-order valence-electron chi connectivity index (χ3n) is 3.51. The number of nitrogens with one attached hydrogen (secondary N) is 2. The first kappa shape index (κ1) is 15.2. The van der Waals surface area contributed by atoms with Crippen molar-refractivity contribution in [3.05, 3.63) is 0 Å². The van der Waals surface area contributed by atoms with Gasteiger partial charge in [0.15, 0.2) is 5.11 Å². The molecule has 1 saturated carbocycles. The van der Waals surface area contributed by atoms with E-state index in [0.717, 1.165) is 0 Å². The van der Waals surface area contributed by atoms with Crippen molar-refractivity contribution in [1.82, 2.24) is 15.5 Å². The number of hydrogen-bond acceptors (Lipinski definition) is 2. The summed E-state index contributed by atoms with van der Waals surface area (Å²) in [5.74, 6) is 0.0743. The van der Waals surface area contributed by atoms with Crippen LogP contribution in [0.2, 0.25) is 0 Å². The molecule has 1 rings (SSSR count). The van der Waals surface area contributed by atoms with Crippen molar-refractivity contribution in [1.29, 1.82) is 0 Å². The highest BCUT2D eigenvalue weighted by Crippen LogP contribution is 2.17. The van der Waals surface area contributed by atoms with Crippen molar-refractivity contribution >= 4 is 23.2 Å². The molecule has 0 aromatic heterocycles. The van der Waals surface area contributed by atoms with Crippen LogP contribution in [0.5, 0.6) is 0 Å². The topological polar surface area (TPSA) is 44.4 Å². The van der Waals surface area contributed by atoms with Gasteiger partial charge >= 0.3 is 0 Å². The summed E-state index contributed by atoms with van der Waals surface area (Å²) in [5, 5.41) is 6.99. The molecule has 1 atom stereocenters. The Bertz CT molecular complexity index is 290. The molecule has 0 radical (unpaired) electrons.